The number of hydrogen-bond acceptors (Lipinski definition) is 2. The molecule has 1 aliphatic heterocycles. The van der Waals surface area contributed by atoms with Gasteiger partial charge in [0.25, 0.3) is 0 Å². The second-order valence-electron chi connectivity index (χ2n) is 5.62. The van der Waals surface area contributed by atoms with Crippen molar-refractivity contribution in [1.82, 2.24) is 4.90 Å². The Morgan fingerprint density at radius 1 is 1.05 bits per heavy atom. The Morgan fingerprint density at radius 2 is 1.71 bits per heavy atom. The van der Waals surface area contributed by atoms with E-state index in [1.54, 1.807) is 0 Å². The van der Waals surface area contributed by atoms with Crippen molar-refractivity contribution < 1.29 is 4.74 Å². The molecular weight excluding hydrogens is 326 g/mol. The Morgan fingerprint density at radius 3 is 2.43 bits per heavy atom. The monoisotopic (exact) mass is 345 g/mol. The molecule has 0 aromatic heterocycles. The summed E-state index contributed by atoms with van der Waals surface area (Å²) in [5.74, 6) is 0. The van der Waals surface area contributed by atoms with Gasteiger partial charge in [-0.25, -0.2) is 0 Å². The van der Waals surface area contributed by atoms with Gasteiger partial charge in [-0.05, 0) is 31.2 Å². The molecule has 3 heteroatoms. The molecule has 0 N–H and O–H groups in total. The lowest BCUT2D eigenvalue weighted by atomic mass is 10.0. The summed E-state index contributed by atoms with van der Waals surface area (Å²) in [5, 5.41) is 0. The summed E-state index contributed by atoms with van der Waals surface area (Å²) in [4.78, 5) is 2.33. The number of benzene rings is 2. The third kappa shape index (κ3) is 3.05. The third-order valence-electron chi connectivity index (χ3n) is 4.32. The second-order valence-corrected chi connectivity index (χ2v) is 6.48. The summed E-state index contributed by atoms with van der Waals surface area (Å²) >= 11 is 3.62. The highest BCUT2D eigenvalue weighted by atomic mass is 79.9. The highest BCUT2D eigenvalue weighted by Gasteiger charge is 2.37. The summed E-state index contributed by atoms with van der Waals surface area (Å²) in [5.41, 5.74) is 2.54. The molecule has 1 saturated heterocycles. The lowest BCUT2D eigenvalue weighted by Crippen LogP contribution is -2.33. The van der Waals surface area contributed by atoms with E-state index in [0.717, 1.165) is 10.9 Å². The fraction of sp³-hybridized carbons (Fsp3) is 0.333. The van der Waals surface area contributed by atoms with E-state index in [4.69, 9.17) is 4.74 Å². The highest BCUT2D eigenvalue weighted by Crippen LogP contribution is 2.35. The quantitative estimate of drug-likeness (QED) is 0.816. The smallest absolute Gasteiger partial charge is 0.115 e. The molecule has 0 amide bonds. The molecule has 1 fully saturated rings. The molecule has 21 heavy (non-hydrogen) atoms. The number of likely N-dealkylation sites (N-methyl/N-ethyl adjacent to an activating group) is 1. The van der Waals surface area contributed by atoms with Crippen LogP contribution in [0, 0.1) is 0 Å². The average Bonchev–Trinajstić information content (AvgIpc) is 2.79. The van der Waals surface area contributed by atoms with Gasteiger partial charge in [0.2, 0.25) is 0 Å². The molecular formula is C18H20BrNO. The molecule has 0 aliphatic carbocycles. The van der Waals surface area contributed by atoms with Crippen molar-refractivity contribution in [2.24, 2.45) is 0 Å². The van der Waals surface area contributed by atoms with E-state index >= 15 is 0 Å². The van der Waals surface area contributed by atoms with Crippen LogP contribution in [0.5, 0.6) is 0 Å². The van der Waals surface area contributed by atoms with Gasteiger partial charge in [0.05, 0.1) is 6.10 Å². The standard InChI is InChI=1S/C18H20BrNO/c1-13-18(14-8-4-3-5-9-14)21-17(20(13)2)12-15-10-6-7-11-16(15)19/h3-11,13,17-18H,12H2,1-2H3/t13-,17-,18-/m0/s1. The molecule has 0 bridgehead atoms. The van der Waals surface area contributed by atoms with Crippen LogP contribution in [0.2, 0.25) is 0 Å². The minimum absolute atomic E-state index is 0.115. The first-order chi connectivity index (χ1) is 10.2. The fourth-order valence-electron chi connectivity index (χ4n) is 2.90. The third-order valence-corrected chi connectivity index (χ3v) is 5.09. The van der Waals surface area contributed by atoms with Crippen LogP contribution >= 0.6 is 15.9 Å². The molecule has 110 valence electrons. The maximum Gasteiger partial charge on any atom is 0.115 e. The fourth-order valence-corrected chi connectivity index (χ4v) is 3.35. The Labute approximate surface area is 134 Å². The zero-order chi connectivity index (χ0) is 14.8. The molecule has 1 aliphatic rings. The molecule has 0 unspecified atom stereocenters. The summed E-state index contributed by atoms with van der Waals surface area (Å²) in [6.07, 6.45) is 1.15. The van der Waals surface area contributed by atoms with Gasteiger partial charge in [-0.2, -0.15) is 0 Å². The summed E-state index contributed by atoms with van der Waals surface area (Å²) < 4.78 is 7.49. The van der Waals surface area contributed by atoms with Crippen molar-refractivity contribution in [3.8, 4) is 0 Å². The first-order valence-electron chi connectivity index (χ1n) is 7.32. The Balaban J connectivity index is 1.78. The predicted octanol–water partition coefficient (Wildman–Crippen LogP) is 4.41. The van der Waals surface area contributed by atoms with Crippen LogP contribution in [0.15, 0.2) is 59.1 Å². The normalized spacial score (nSPS) is 26.1. The van der Waals surface area contributed by atoms with Gasteiger partial charge in [-0.1, -0.05) is 64.5 Å². The molecule has 1 heterocycles. The van der Waals surface area contributed by atoms with E-state index in [-0.39, 0.29) is 12.3 Å². The summed E-state index contributed by atoms with van der Waals surface area (Å²) in [6.45, 7) is 2.23. The lowest BCUT2D eigenvalue weighted by Gasteiger charge is -2.21. The van der Waals surface area contributed by atoms with Gasteiger partial charge in [0.1, 0.15) is 6.23 Å². The van der Waals surface area contributed by atoms with E-state index in [2.05, 4.69) is 77.3 Å². The van der Waals surface area contributed by atoms with E-state index in [9.17, 15) is 0 Å². The molecule has 0 spiro atoms. The van der Waals surface area contributed by atoms with Gasteiger partial charge in [-0.15, -0.1) is 0 Å². The maximum atomic E-state index is 6.34. The lowest BCUT2D eigenvalue weighted by molar-refractivity contribution is 0.00778. The van der Waals surface area contributed by atoms with E-state index in [1.165, 1.54) is 11.1 Å². The van der Waals surface area contributed by atoms with Crippen molar-refractivity contribution >= 4 is 15.9 Å². The topological polar surface area (TPSA) is 12.5 Å². The highest BCUT2D eigenvalue weighted by molar-refractivity contribution is 9.10. The molecule has 3 atom stereocenters. The Bertz CT molecular complexity index is 601. The zero-order valence-corrected chi connectivity index (χ0v) is 14.0. The zero-order valence-electron chi connectivity index (χ0n) is 12.4. The van der Waals surface area contributed by atoms with E-state index in [1.807, 2.05) is 12.1 Å². The molecule has 3 rings (SSSR count). The maximum absolute atomic E-state index is 6.34. The minimum atomic E-state index is 0.115. The number of ether oxygens (including phenoxy) is 1. The molecule has 2 aromatic rings. The van der Waals surface area contributed by atoms with Crippen LogP contribution in [0.25, 0.3) is 0 Å². The van der Waals surface area contributed by atoms with Crippen LogP contribution in [-0.2, 0) is 11.2 Å². The van der Waals surface area contributed by atoms with E-state index < -0.39 is 0 Å². The van der Waals surface area contributed by atoms with Crippen LogP contribution in [0.1, 0.15) is 24.2 Å². The van der Waals surface area contributed by atoms with Crippen molar-refractivity contribution in [2.75, 3.05) is 7.05 Å². The predicted molar refractivity (Wildman–Crippen MR) is 89.1 cm³/mol. The van der Waals surface area contributed by atoms with Crippen molar-refractivity contribution in [3.05, 3.63) is 70.2 Å². The number of nitrogens with zero attached hydrogens (tertiary/aromatic N) is 1. The number of halogens is 1. The largest absolute Gasteiger partial charge is 0.353 e. The van der Waals surface area contributed by atoms with Gasteiger partial charge in [0.15, 0.2) is 0 Å². The van der Waals surface area contributed by atoms with Gasteiger partial charge in [-0.3, -0.25) is 4.90 Å². The van der Waals surface area contributed by atoms with Crippen LogP contribution in [0.4, 0.5) is 0 Å². The summed E-state index contributed by atoms with van der Waals surface area (Å²) in [7, 11) is 2.15. The SMILES string of the molecule is C[C@H]1[C@@H](c2ccccc2)O[C@@H](Cc2ccccc2Br)N1C. The Hall–Kier alpha value is -1.16. The van der Waals surface area contributed by atoms with Crippen LogP contribution in [-0.4, -0.2) is 24.2 Å². The van der Waals surface area contributed by atoms with Gasteiger partial charge in [0, 0.05) is 16.9 Å². The molecule has 0 radical (unpaired) electrons. The van der Waals surface area contributed by atoms with E-state index in [0.29, 0.717) is 6.04 Å². The molecule has 2 aromatic carbocycles. The molecule has 2 nitrogen and oxygen atoms in total. The van der Waals surface area contributed by atoms with Crippen LogP contribution in [0.3, 0.4) is 0 Å². The van der Waals surface area contributed by atoms with Crippen molar-refractivity contribution in [2.45, 2.75) is 31.7 Å². The summed E-state index contributed by atoms with van der Waals surface area (Å²) in [6, 6.07) is 19.2. The van der Waals surface area contributed by atoms with Crippen molar-refractivity contribution in [1.29, 1.82) is 0 Å². The minimum Gasteiger partial charge on any atom is -0.353 e. The average molecular weight is 346 g/mol. The number of rotatable bonds is 3. The first kappa shape index (κ1) is 14.8. The Kier molecular flexibility index (Phi) is 4.43. The first-order valence-corrected chi connectivity index (χ1v) is 8.12. The van der Waals surface area contributed by atoms with Crippen molar-refractivity contribution in [3.63, 3.8) is 0 Å². The van der Waals surface area contributed by atoms with Crippen LogP contribution < -0.4 is 0 Å². The second kappa shape index (κ2) is 6.30. The van der Waals surface area contributed by atoms with Gasteiger partial charge >= 0.3 is 0 Å². The molecule has 0 saturated carbocycles. The van der Waals surface area contributed by atoms with Gasteiger partial charge < -0.3 is 4.74 Å². The number of hydrogen-bond donors (Lipinski definition) is 0.